The van der Waals surface area contributed by atoms with Gasteiger partial charge in [0.25, 0.3) is 0 Å². The monoisotopic (exact) mass is 377 g/mol. The molecule has 28 heavy (non-hydrogen) atoms. The highest BCUT2D eigenvalue weighted by Gasteiger charge is 2.10. The number of tetrazole rings is 1. The molecule has 0 aliphatic carbocycles. The Morgan fingerprint density at radius 3 is 2.68 bits per heavy atom. The fraction of sp³-hybridized carbons (Fsp3) is 0.286. The van der Waals surface area contributed by atoms with Gasteiger partial charge in [0, 0.05) is 17.5 Å². The summed E-state index contributed by atoms with van der Waals surface area (Å²) in [5.41, 5.74) is 5.26. The molecule has 0 aliphatic rings. The Morgan fingerprint density at radius 1 is 1.00 bits per heavy atom. The van der Waals surface area contributed by atoms with Crippen LogP contribution in [0.5, 0.6) is 11.5 Å². The summed E-state index contributed by atoms with van der Waals surface area (Å²) in [6.07, 6.45) is 0.883. The highest BCUT2D eigenvalue weighted by molar-refractivity contribution is 5.83. The number of hydrogen-bond donors (Lipinski definition) is 1. The first kappa shape index (κ1) is 18.2. The average molecular weight is 377 g/mol. The molecule has 2 aromatic carbocycles. The third-order valence-corrected chi connectivity index (χ3v) is 4.85. The van der Waals surface area contributed by atoms with Gasteiger partial charge in [-0.15, -0.1) is 5.10 Å². The van der Waals surface area contributed by atoms with Crippen molar-refractivity contribution < 1.29 is 9.47 Å². The lowest BCUT2D eigenvalue weighted by atomic mass is 10.1. The molecule has 4 aromatic rings. The SMILES string of the molecule is COc1ccc(CCNCc2cc3ccc(C)cc3n3nnnc23)cc1OC. The number of nitrogens with zero attached hydrogens (tertiary/aromatic N) is 4. The molecule has 0 atom stereocenters. The Labute approximate surface area is 163 Å². The van der Waals surface area contributed by atoms with Crippen molar-refractivity contribution in [2.24, 2.45) is 0 Å². The molecule has 4 rings (SSSR count). The second-order valence-electron chi connectivity index (χ2n) is 6.76. The number of nitrogens with one attached hydrogen (secondary N) is 1. The van der Waals surface area contributed by atoms with Crippen LogP contribution in [-0.4, -0.2) is 40.8 Å². The fourth-order valence-electron chi connectivity index (χ4n) is 3.38. The van der Waals surface area contributed by atoms with Gasteiger partial charge in [0.05, 0.1) is 19.7 Å². The number of aryl methyl sites for hydroxylation is 1. The number of aromatic nitrogens is 4. The minimum Gasteiger partial charge on any atom is -0.493 e. The van der Waals surface area contributed by atoms with Crippen LogP contribution in [0, 0.1) is 6.92 Å². The van der Waals surface area contributed by atoms with Crippen molar-refractivity contribution in [3.8, 4) is 11.5 Å². The lowest BCUT2D eigenvalue weighted by molar-refractivity contribution is 0.354. The van der Waals surface area contributed by atoms with Crippen LogP contribution in [0.2, 0.25) is 0 Å². The quantitative estimate of drug-likeness (QED) is 0.499. The molecule has 0 unspecified atom stereocenters. The van der Waals surface area contributed by atoms with Gasteiger partial charge in [0.1, 0.15) is 0 Å². The third kappa shape index (κ3) is 3.48. The lowest BCUT2D eigenvalue weighted by Gasteiger charge is -2.11. The van der Waals surface area contributed by atoms with Crippen LogP contribution in [0.3, 0.4) is 0 Å². The molecular weight excluding hydrogens is 354 g/mol. The Morgan fingerprint density at radius 2 is 1.86 bits per heavy atom. The van der Waals surface area contributed by atoms with E-state index in [1.165, 1.54) is 11.1 Å². The first-order chi connectivity index (χ1) is 13.7. The van der Waals surface area contributed by atoms with Crippen molar-refractivity contribution in [2.75, 3.05) is 20.8 Å². The summed E-state index contributed by atoms with van der Waals surface area (Å²) in [5, 5.41) is 16.9. The second kappa shape index (κ2) is 7.82. The van der Waals surface area contributed by atoms with Gasteiger partial charge in [-0.3, -0.25) is 0 Å². The van der Waals surface area contributed by atoms with Crippen LogP contribution in [0.4, 0.5) is 0 Å². The predicted molar refractivity (Wildman–Crippen MR) is 108 cm³/mol. The molecule has 0 saturated heterocycles. The van der Waals surface area contributed by atoms with E-state index in [0.29, 0.717) is 6.54 Å². The summed E-state index contributed by atoms with van der Waals surface area (Å²) in [4.78, 5) is 0. The summed E-state index contributed by atoms with van der Waals surface area (Å²) in [6.45, 7) is 3.59. The van der Waals surface area contributed by atoms with Gasteiger partial charge >= 0.3 is 0 Å². The molecule has 0 spiro atoms. The van der Waals surface area contributed by atoms with Crippen molar-refractivity contribution in [1.29, 1.82) is 0 Å². The average Bonchev–Trinajstić information content (AvgIpc) is 3.21. The van der Waals surface area contributed by atoms with E-state index in [0.717, 1.165) is 46.6 Å². The maximum atomic E-state index is 5.37. The van der Waals surface area contributed by atoms with Gasteiger partial charge in [-0.2, -0.15) is 4.52 Å². The third-order valence-electron chi connectivity index (χ3n) is 4.85. The van der Waals surface area contributed by atoms with Crippen molar-refractivity contribution in [1.82, 2.24) is 25.4 Å². The Balaban J connectivity index is 1.47. The summed E-state index contributed by atoms with van der Waals surface area (Å²) in [5.74, 6) is 1.49. The zero-order valence-corrected chi connectivity index (χ0v) is 16.3. The van der Waals surface area contributed by atoms with E-state index < -0.39 is 0 Å². The summed E-state index contributed by atoms with van der Waals surface area (Å²) in [6, 6.07) is 14.5. The highest BCUT2D eigenvalue weighted by Crippen LogP contribution is 2.27. The van der Waals surface area contributed by atoms with Crippen LogP contribution < -0.4 is 14.8 Å². The summed E-state index contributed by atoms with van der Waals surface area (Å²) in [7, 11) is 3.29. The van der Waals surface area contributed by atoms with Crippen LogP contribution in [-0.2, 0) is 13.0 Å². The predicted octanol–water partition coefficient (Wildman–Crippen LogP) is 2.94. The number of pyridine rings is 1. The summed E-state index contributed by atoms with van der Waals surface area (Å²) >= 11 is 0. The second-order valence-corrected chi connectivity index (χ2v) is 6.76. The van der Waals surface area contributed by atoms with E-state index in [9.17, 15) is 0 Å². The highest BCUT2D eigenvalue weighted by atomic mass is 16.5. The van der Waals surface area contributed by atoms with E-state index in [1.54, 1.807) is 14.2 Å². The molecule has 0 aliphatic heterocycles. The largest absolute Gasteiger partial charge is 0.493 e. The van der Waals surface area contributed by atoms with Gasteiger partial charge in [0.15, 0.2) is 17.1 Å². The number of hydrogen-bond acceptors (Lipinski definition) is 6. The first-order valence-corrected chi connectivity index (χ1v) is 9.21. The molecule has 144 valence electrons. The van der Waals surface area contributed by atoms with Gasteiger partial charge < -0.3 is 14.8 Å². The van der Waals surface area contributed by atoms with E-state index in [-0.39, 0.29) is 0 Å². The van der Waals surface area contributed by atoms with Gasteiger partial charge in [-0.25, -0.2) is 0 Å². The van der Waals surface area contributed by atoms with E-state index in [4.69, 9.17) is 9.47 Å². The Kier molecular flexibility index (Phi) is 5.08. The van der Waals surface area contributed by atoms with Gasteiger partial charge in [0.2, 0.25) is 0 Å². The molecule has 0 radical (unpaired) electrons. The molecule has 7 nitrogen and oxygen atoms in total. The van der Waals surface area contributed by atoms with Crippen molar-refractivity contribution in [2.45, 2.75) is 19.9 Å². The normalized spacial score (nSPS) is 11.2. The van der Waals surface area contributed by atoms with Gasteiger partial charge in [-0.05, 0) is 65.7 Å². The van der Waals surface area contributed by atoms with Gasteiger partial charge in [-0.1, -0.05) is 18.2 Å². The van der Waals surface area contributed by atoms with Crippen molar-refractivity contribution >= 4 is 16.6 Å². The molecule has 0 fully saturated rings. The molecule has 2 aromatic heterocycles. The smallest absolute Gasteiger partial charge is 0.184 e. The number of benzene rings is 2. The molecule has 0 saturated carbocycles. The van der Waals surface area contributed by atoms with E-state index in [2.05, 4.69) is 58.1 Å². The van der Waals surface area contributed by atoms with Crippen LogP contribution in [0.15, 0.2) is 42.5 Å². The molecule has 7 heteroatoms. The molecule has 0 amide bonds. The molecular formula is C21H23N5O2. The molecule has 0 bridgehead atoms. The van der Waals surface area contributed by atoms with Crippen molar-refractivity contribution in [3.05, 3.63) is 59.2 Å². The Bertz CT molecular complexity index is 1120. The van der Waals surface area contributed by atoms with E-state index in [1.807, 2.05) is 16.6 Å². The van der Waals surface area contributed by atoms with Crippen LogP contribution in [0.1, 0.15) is 16.7 Å². The van der Waals surface area contributed by atoms with Crippen molar-refractivity contribution in [3.63, 3.8) is 0 Å². The van der Waals surface area contributed by atoms with E-state index >= 15 is 0 Å². The Hall–Kier alpha value is -3.19. The molecule has 1 N–H and O–H groups in total. The fourth-order valence-corrected chi connectivity index (χ4v) is 3.38. The van der Waals surface area contributed by atoms with Crippen LogP contribution >= 0.6 is 0 Å². The topological polar surface area (TPSA) is 73.6 Å². The summed E-state index contributed by atoms with van der Waals surface area (Å²) < 4.78 is 12.5. The standard InChI is InChI=1S/C21H23N5O2/c1-14-4-6-16-12-17(21-23-24-25-26(21)18(16)10-14)13-22-9-8-15-5-7-19(27-2)20(11-15)28-3/h4-7,10-12,22H,8-9,13H2,1-3H3. The number of rotatable bonds is 7. The minimum atomic E-state index is 0.695. The lowest BCUT2D eigenvalue weighted by Crippen LogP contribution is -2.17. The number of methoxy groups -OCH3 is 2. The zero-order valence-electron chi connectivity index (χ0n) is 16.3. The first-order valence-electron chi connectivity index (χ1n) is 9.21. The zero-order chi connectivity index (χ0) is 19.5. The number of fused-ring (bicyclic) bond motifs is 3. The molecule has 2 heterocycles. The number of ether oxygens (including phenoxy) is 2. The maximum absolute atomic E-state index is 5.37. The van der Waals surface area contributed by atoms with Crippen LogP contribution in [0.25, 0.3) is 16.6 Å². The minimum absolute atomic E-state index is 0.695. The maximum Gasteiger partial charge on any atom is 0.184 e.